The van der Waals surface area contributed by atoms with Gasteiger partial charge < -0.3 is 10.4 Å². The van der Waals surface area contributed by atoms with Gasteiger partial charge in [0.1, 0.15) is 5.82 Å². The van der Waals surface area contributed by atoms with Crippen LogP contribution in [0.2, 0.25) is 0 Å². The summed E-state index contributed by atoms with van der Waals surface area (Å²) in [5.74, 6) is -0.483. The summed E-state index contributed by atoms with van der Waals surface area (Å²) in [6.45, 7) is 5.12. The molecule has 4 rings (SSSR count). The van der Waals surface area contributed by atoms with Gasteiger partial charge in [0.2, 0.25) is 0 Å². The highest BCUT2D eigenvalue weighted by Gasteiger charge is 2.18. The molecular weight excluding hydrogens is 407 g/mol. The number of likely N-dealkylation sites (tertiary alicyclic amines) is 1. The van der Waals surface area contributed by atoms with Crippen molar-refractivity contribution in [3.05, 3.63) is 82.9 Å². The van der Waals surface area contributed by atoms with Crippen LogP contribution in [0.15, 0.2) is 54.7 Å². The van der Waals surface area contributed by atoms with Gasteiger partial charge >= 0.3 is 0 Å². The number of nitrogens with one attached hydrogen (secondary N) is 1. The average molecular weight is 437 g/mol. The molecule has 0 aliphatic carbocycles. The Labute approximate surface area is 187 Å². The van der Waals surface area contributed by atoms with Crippen molar-refractivity contribution < 1.29 is 14.3 Å². The van der Waals surface area contributed by atoms with Gasteiger partial charge in [-0.2, -0.15) is 5.10 Å². The Morgan fingerprint density at radius 1 is 1.09 bits per heavy atom. The predicted molar refractivity (Wildman–Crippen MR) is 121 cm³/mol. The Bertz CT molecular complexity index is 1040. The van der Waals surface area contributed by atoms with E-state index in [1.807, 2.05) is 19.1 Å². The molecule has 2 N–H and O–H groups in total. The Kier molecular flexibility index (Phi) is 6.97. The number of aromatic nitrogens is 2. The fourth-order valence-corrected chi connectivity index (χ4v) is 4.08. The molecule has 2 aromatic carbocycles. The van der Waals surface area contributed by atoms with Crippen molar-refractivity contribution in [2.45, 2.75) is 45.4 Å². The smallest absolute Gasteiger partial charge is 0.255 e. The van der Waals surface area contributed by atoms with Crippen LogP contribution in [-0.4, -0.2) is 44.9 Å². The Morgan fingerprint density at radius 3 is 2.41 bits per heavy atom. The molecule has 0 saturated carbocycles. The van der Waals surface area contributed by atoms with Crippen LogP contribution in [0.4, 0.5) is 4.39 Å². The maximum absolute atomic E-state index is 13.2. The van der Waals surface area contributed by atoms with Crippen molar-refractivity contribution in [1.29, 1.82) is 0 Å². The maximum atomic E-state index is 13.2. The molecule has 1 aliphatic rings. The number of amides is 1. The second kappa shape index (κ2) is 10.1. The Balaban J connectivity index is 1.36. The molecule has 3 aromatic rings. The van der Waals surface area contributed by atoms with E-state index in [0.717, 1.165) is 49.4 Å². The van der Waals surface area contributed by atoms with Gasteiger partial charge in [-0.05, 0) is 54.7 Å². The summed E-state index contributed by atoms with van der Waals surface area (Å²) in [6.07, 6.45) is 3.70. The van der Waals surface area contributed by atoms with Gasteiger partial charge in [-0.25, -0.2) is 9.07 Å². The van der Waals surface area contributed by atoms with Crippen molar-refractivity contribution in [2.75, 3.05) is 13.1 Å². The zero-order chi connectivity index (χ0) is 22.5. The molecule has 0 unspecified atom stereocenters. The summed E-state index contributed by atoms with van der Waals surface area (Å²) in [6, 6.07) is 14.3. The summed E-state index contributed by atoms with van der Waals surface area (Å²) >= 11 is 0. The lowest BCUT2D eigenvalue weighted by molar-refractivity contribution is 0.0792. The highest BCUT2D eigenvalue weighted by Crippen LogP contribution is 2.17. The van der Waals surface area contributed by atoms with E-state index in [9.17, 15) is 14.3 Å². The molecule has 168 valence electrons. The summed E-state index contributed by atoms with van der Waals surface area (Å²) in [5, 5.41) is 17.0. The van der Waals surface area contributed by atoms with Gasteiger partial charge in [0, 0.05) is 26.2 Å². The van der Waals surface area contributed by atoms with E-state index in [2.05, 4.69) is 27.4 Å². The molecule has 0 bridgehead atoms. The highest BCUT2D eigenvalue weighted by molar-refractivity contribution is 5.95. The van der Waals surface area contributed by atoms with Gasteiger partial charge in [0.15, 0.2) is 0 Å². The minimum atomic E-state index is -0.308. The van der Waals surface area contributed by atoms with Crippen molar-refractivity contribution >= 4 is 5.91 Å². The number of aliphatic hydroxyl groups is 1. The molecule has 1 aliphatic heterocycles. The van der Waals surface area contributed by atoms with Gasteiger partial charge in [-0.1, -0.05) is 31.2 Å². The number of carbonyl (C=O) groups excluding carboxylic acids is 1. The first-order valence-corrected chi connectivity index (χ1v) is 11.1. The minimum Gasteiger partial charge on any atom is -0.393 e. The number of aliphatic hydroxyl groups excluding tert-OH is 1. The number of carbonyl (C=O) groups is 1. The molecule has 0 radical (unpaired) electrons. The number of rotatable bonds is 7. The standard InChI is InChI=1S/C25H29FN4O2/c1-2-24-23(16-28-30(24)21-9-7-20(26)8-10-21)25(32)27-15-18-3-5-19(6-4-18)17-29-13-11-22(31)12-14-29/h3-10,16,22,31H,2,11-15,17H2,1H3,(H,27,32). The van der Waals surface area contributed by atoms with Crippen LogP contribution in [0.5, 0.6) is 0 Å². The monoisotopic (exact) mass is 436 g/mol. The SMILES string of the molecule is CCc1c(C(=O)NCc2ccc(CN3CCC(O)CC3)cc2)cnn1-c1ccc(F)cc1. The predicted octanol–water partition coefficient (Wildman–Crippen LogP) is 3.46. The molecule has 32 heavy (non-hydrogen) atoms. The van der Waals surface area contributed by atoms with E-state index in [1.165, 1.54) is 17.7 Å². The van der Waals surface area contributed by atoms with Crippen molar-refractivity contribution in [3.8, 4) is 5.69 Å². The minimum absolute atomic E-state index is 0.159. The third-order valence-electron chi connectivity index (χ3n) is 5.96. The number of hydrogen-bond acceptors (Lipinski definition) is 4. The van der Waals surface area contributed by atoms with E-state index in [-0.39, 0.29) is 17.8 Å². The van der Waals surface area contributed by atoms with Crippen LogP contribution in [0, 0.1) is 5.82 Å². The van der Waals surface area contributed by atoms with Gasteiger partial charge in [0.25, 0.3) is 5.91 Å². The number of nitrogens with zero attached hydrogens (tertiary/aromatic N) is 3. The summed E-state index contributed by atoms with van der Waals surface area (Å²) in [7, 11) is 0. The first-order chi connectivity index (χ1) is 15.5. The molecule has 0 atom stereocenters. The van der Waals surface area contributed by atoms with Crippen LogP contribution in [0.3, 0.4) is 0 Å². The van der Waals surface area contributed by atoms with Gasteiger partial charge in [-0.3, -0.25) is 9.69 Å². The topological polar surface area (TPSA) is 70.4 Å². The molecule has 1 fully saturated rings. The van der Waals surface area contributed by atoms with Crippen molar-refractivity contribution in [1.82, 2.24) is 20.0 Å². The molecule has 1 saturated heterocycles. The number of hydrogen-bond donors (Lipinski definition) is 2. The maximum Gasteiger partial charge on any atom is 0.255 e. The molecular formula is C25H29FN4O2. The van der Waals surface area contributed by atoms with E-state index in [1.54, 1.807) is 23.0 Å². The Hall–Kier alpha value is -3.03. The fraction of sp³-hybridized carbons (Fsp3) is 0.360. The van der Waals surface area contributed by atoms with Gasteiger partial charge in [-0.15, -0.1) is 0 Å². The van der Waals surface area contributed by atoms with Crippen molar-refractivity contribution in [3.63, 3.8) is 0 Å². The quantitative estimate of drug-likeness (QED) is 0.595. The molecule has 1 aromatic heterocycles. The average Bonchev–Trinajstić information content (AvgIpc) is 3.24. The lowest BCUT2D eigenvalue weighted by Crippen LogP contribution is -2.35. The van der Waals surface area contributed by atoms with E-state index >= 15 is 0 Å². The van der Waals surface area contributed by atoms with Crippen LogP contribution < -0.4 is 5.32 Å². The van der Waals surface area contributed by atoms with Crippen molar-refractivity contribution in [2.24, 2.45) is 0 Å². The summed E-state index contributed by atoms with van der Waals surface area (Å²) in [5.41, 5.74) is 4.29. The van der Waals surface area contributed by atoms with Crippen LogP contribution >= 0.6 is 0 Å². The summed E-state index contributed by atoms with van der Waals surface area (Å²) in [4.78, 5) is 15.2. The molecule has 6 nitrogen and oxygen atoms in total. The van der Waals surface area contributed by atoms with Crippen LogP contribution in [0.25, 0.3) is 5.69 Å². The first kappa shape index (κ1) is 22.2. The second-order valence-corrected chi connectivity index (χ2v) is 8.25. The third kappa shape index (κ3) is 5.23. The second-order valence-electron chi connectivity index (χ2n) is 8.25. The largest absolute Gasteiger partial charge is 0.393 e. The van der Waals surface area contributed by atoms with Crippen LogP contribution in [-0.2, 0) is 19.5 Å². The first-order valence-electron chi connectivity index (χ1n) is 11.1. The fourth-order valence-electron chi connectivity index (χ4n) is 4.08. The Morgan fingerprint density at radius 2 is 1.75 bits per heavy atom. The zero-order valence-electron chi connectivity index (χ0n) is 18.3. The normalized spacial score (nSPS) is 15.1. The van der Waals surface area contributed by atoms with Crippen LogP contribution in [0.1, 0.15) is 46.9 Å². The van der Waals surface area contributed by atoms with E-state index in [4.69, 9.17) is 0 Å². The van der Waals surface area contributed by atoms with E-state index in [0.29, 0.717) is 18.5 Å². The number of piperidine rings is 1. The lowest BCUT2D eigenvalue weighted by atomic mass is 10.1. The van der Waals surface area contributed by atoms with E-state index < -0.39 is 0 Å². The molecule has 1 amide bonds. The lowest BCUT2D eigenvalue weighted by Gasteiger charge is -2.29. The zero-order valence-corrected chi connectivity index (χ0v) is 18.3. The molecule has 7 heteroatoms. The highest BCUT2D eigenvalue weighted by atomic mass is 19.1. The third-order valence-corrected chi connectivity index (χ3v) is 5.96. The summed E-state index contributed by atoms with van der Waals surface area (Å²) < 4.78 is 14.9. The van der Waals surface area contributed by atoms with Gasteiger partial charge in [0.05, 0.1) is 29.2 Å². The molecule has 2 heterocycles. The number of halogens is 1. The molecule has 0 spiro atoms. The number of benzene rings is 2.